The van der Waals surface area contributed by atoms with Crippen LogP contribution < -0.4 is 21.4 Å². The zero-order valence-electron chi connectivity index (χ0n) is 19.3. The number of benzene rings is 1. The number of anilines is 1. The molecule has 1 unspecified atom stereocenters. The number of halogens is 3. The molecule has 2 atom stereocenters. The number of rotatable bonds is 7. The molecule has 36 heavy (non-hydrogen) atoms. The molecule has 1 aliphatic rings. The second kappa shape index (κ2) is 9.97. The van der Waals surface area contributed by atoms with Crippen molar-refractivity contribution >= 4 is 28.7 Å². The van der Waals surface area contributed by atoms with Crippen molar-refractivity contribution in [2.45, 2.75) is 38.3 Å². The average molecular weight is 503 g/mol. The molecular weight excluding hydrogens is 479 g/mol. The molecule has 0 aliphatic carbocycles. The highest BCUT2D eigenvalue weighted by Crippen LogP contribution is 2.27. The molecule has 1 fully saturated rings. The van der Waals surface area contributed by atoms with Crippen molar-refractivity contribution in [1.29, 1.82) is 0 Å². The molecule has 4 N–H and O–H groups in total. The number of fused-ring (bicyclic) bond motifs is 1. The fraction of sp³-hybridized carbons (Fsp3) is 0.333. The van der Waals surface area contributed by atoms with Crippen molar-refractivity contribution in [2.75, 3.05) is 18.0 Å². The fourth-order valence-electron chi connectivity index (χ4n) is 4.27. The Balaban J connectivity index is 1.77. The molecule has 0 spiro atoms. The van der Waals surface area contributed by atoms with Gasteiger partial charge in [-0.2, -0.15) is 0 Å². The average Bonchev–Trinajstić information content (AvgIpc) is 3.28. The number of nitrogens with two attached hydrogens (primary N) is 1. The van der Waals surface area contributed by atoms with Crippen LogP contribution in [0.3, 0.4) is 0 Å². The first-order valence-electron chi connectivity index (χ1n) is 11.4. The summed E-state index contributed by atoms with van der Waals surface area (Å²) in [5, 5.41) is 11.9. The van der Waals surface area contributed by atoms with Gasteiger partial charge in [0.25, 0.3) is 0 Å². The molecule has 9 nitrogen and oxygen atoms in total. The van der Waals surface area contributed by atoms with Gasteiger partial charge in [-0.25, -0.2) is 22.9 Å². The summed E-state index contributed by atoms with van der Waals surface area (Å²) in [6.07, 6.45) is 2.64. The number of carboxylic acid groups (broad SMARTS) is 1. The second-order valence-corrected chi connectivity index (χ2v) is 8.64. The number of hydrogen-bond donors (Lipinski definition) is 3. The first kappa shape index (κ1) is 25.2. The summed E-state index contributed by atoms with van der Waals surface area (Å²) in [5.41, 5.74) is 3.65. The first-order chi connectivity index (χ1) is 17.1. The standard InChI is InChI=1S/C24H24F3N5O4/c1-2-3-18(28)23(34)29-13-6-7-31(10-13)22-17(27)9-14-20(33)15(24(35)36)11-32(21(14)30-22)19-5-4-12(25)8-16(19)26/h4-5,8-9,11,13,18H,2-3,6-7,10,28H2,1H3,(H,29,34)(H,35,36)/t13?,18-/m0/s1. The minimum absolute atomic E-state index is 0.157. The molecule has 1 amide bonds. The maximum Gasteiger partial charge on any atom is 0.341 e. The lowest BCUT2D eigenvalue weighted by atomic mass is 10.1. The van der Waals surface area contributed by atoms with Crippen molar-refractivity contribution in [3.05, 3.63) is 63.7 Å². The van der Waals surface area contributed by atoms with Crippen molar-refractivity contribution in [1.82, 2.24) is 14.9 Å². The molecule has 1 saturated heterocycles. The summed E-state index contributed by atoms with van der Waals surface area (Å²) in [5.74, 6) is -4.84. The van der Waals surface area contributed by atoms with E-state index in [0.717, 1.165) is 35.4 Å². The van der Waals surface area contributed by atoms with Crippen LogP contribution in [0, 0.1) is 17.5 Å². The Hall–Kier alpha value is -3.93. The Bertz CT molecular complexity index is 1410. The predicted molar refractivity (Wildman–Crippen MR) is 126 cm³/mol. The minimum atomic E-state index is -1.60. The number of aromatic carboxylic acids is 1. The lowest BCUT2D eigenvalue weighted by Crippen LogP contribution is -2.46. The van der Waals surface area contributed by atoms with Crippen LogP contribution in [0.25, 0.3) is 16.7 Å². The van der Waals surface area contributed by atoms with Gasteiger partial charge in [-0.15, -0.1) is 0 Å². The number of amides is 1. The van der Waals surface area contributed by atoms with Crippen LogP contribution >= 0.6 is 0 Å². The fourth-order valence-corrected chi connectivity index (χ4v) is 4.27. The Morgan fingerprint density at radius 3 is 2.67 bits per heavy atom. The van der Waals surface area contributed by atoms with Crippen LogP contribution in [-0.2, 0) is 4.79 Å². The third-order valence-electron chi connectivity index (χ3n) is 6.08. The van der Waals surface area contributed by atoms with E-state index in [1.807, 2.05) is 6.92 Å². The van der Waals surface area contributed by atoms with Crippen LogP contribution in [0.5, 0.6) is 0 Å². The molecule has 3 heterocycles. The Morgan fingerprint density at radius 1 is 1.25 bits per heavy atom. The molecule has 1 aromatic carbocycles. The van der Waals surface area contributed by atoms with Crippen molar-refractivity contribution in [2.24, 2.45) is 5.73 Å². The molecular formula is C24H24F3N5O4. The van der Waals surface area contributed by atoms with E-state index in [4.69, 9.17) is 5.73 Å². The lowest BCUT2D eigenvalue weighted by molar-refractivity contribution is -0.123. The van der Waals surface area contributed by atoms with E-state index < -0.39 is 40.5 Å². The largest absolute Gasteiger partial charge is 0.477 e. The van der Waals surface area contributed by atoms with Crippen molar-refractivity contribution < 1.29 is 27.9 Å². The number of nitrogens with zero attached hydrogens (tertiary/aromatic N) is 3. The molecule has 4 rings (SSSR count). The van der Waals surface area contributed by atoms with E-state index in [1.165, 1.54) is 0 Å². The van der Waals surface area contributed by atoms with Gasteiger partial charge in [-0.05, 0) is 31.0 Å². The highest BCUT2D eigenvalue weighted by molar-refractivity contribution is 5.92. The lowest BCUT2D eigenvalue weighted by Gasteiger charge is -2.21. The zero-order chi connectivity index (χ0) is 26.1. The van der Waals surface area contributed by atoms with Gasteiger partial charge in [-0.3, -0.25) is 14.2 Å². The maximum absolute atomic E-state index is 15.1. The van der Waals surface area contributed by atoms with E-state index in [-0.39, 0.29) is 41.0 Å². The summed E-state index contributed by atoms with van der Waals surface area (Å²) in [6.45, 7) is 2.45. The van der Waals surface area contributed by atoms with Crippen molar-refractivity contribution in [3.63, 3.8) is 0 Å². The number of pyridine rings is 2. The number of carbonyl (C=O) groups is 2. The van der Waals surface area contributed by atoms with E-state index in [9.17, 15) is 28.3 Å². The van der Waals surface area contributed by atoms with E-state index in [0.29, 0.717) is 25.5 Å². The molecule has 12 heteroatoms. The van der Waals surface area contributed by atoms with Crippen LogP contribution in [0.1, 0.15) is 36.5 Å². The molecule has 2 aromatic heterocycles. The van der Waals surface area contributed by atoms with E-state index in [1.54, 1.807) is 4.90 Å². The minimum Gasteiger partial charge on any atom is -0.477 e. The first-order valence-corrected chi connectivity index (χ1v) is 11.4. The van der Waals surface area contributed by atoms with Crippen LogP contribution in [0.4, 0.5) is 19.0 Å². The highest BCUT2D eigenvalue weighted by Gasteiger charge is 2.29. The SMILES string of the molecule is CCC[C@H](N)C(=O)NC1CCN(c2nc3c(cc2F)c(=O)c(C(=O)O)cn3-c2ccc(F)cc2F)C1. The normalized spacial score (nSPS) is 16.4. The molecule has 0 radical (unpaired) electrons. The Kier molecular flexibility index (Phi) is 6.97. The van der Waals surface area contributed by atoms with Gasteiger partial charge in [0.05, 0.1) is 17.1 Å². The van der Waals surface area contributed by atoms with Gasteiger partial charge < -0.3 is 21.1 Å². The summed E-state index contributed by atoms with van der Waals surface area (Å²) >= 11 is 0. The predicted octanol–water partition coefficient (Wildman–Crippen LogP) is 2.32. The third kappa shape index (κ3) is 4.76. The number of aromatic nitrogens is 2. The quantitative estimate of drug-likeness (QED) is 0.451. The second-order valence-electron chi connectivity index (χ2n) is 8.64. The number of nitrogens with one attached hydrogen (secondary N) is 1. The van der Waals surface area contributed by atoms with Gasteiger partial charge >= 0.3 is 5.97 Å². The van der Waals surface area contributed by atoms with Gasteiger partial charge in [0.2, 0.25) is 11.3 Å². The zero-order valence-corrected chi connectivity index (χ0v) is 19.3. The Morgan fingerprint density at radius 2 is 2.00 bits per heavy atom. The summed E-state index contributed by atoms with van der Waals surface area (Å²) < 4.78 is 44.2. The van der Waals surface area contributed by atoms with Crippen LogP contribution in [-0.4, -0.2) is 51.7 Å². The number of carbonyl (C=O) groups excluding carboxylic acids is 1. The molecule has 0 bridgehead atoms. The number of carboxylic acids is 1. The van der Waals surface area contributed by atoms with Crippen molar-refractivity contribution in [3.8, 4) is 5.69 Å². The topological polar surface area (TPSA) is 131 Å². The molecule has 3 aromatic rings. The van der Waals surface area contributed by atoms with Gasteiger partial charge in [0, 0.05) is 31.4 Å². The van der Waals surface area contributed by atoms with Crippen LogP contribution in [0.15, 0.2) is 35.3 Å². The Labute approximate surface area is 203 Å². The summed E-state index contributed by atoms with van der Waals surface area (Å²) in [4.78, 5) is 42.5. The van der Waals surface area contributed by atoms with Crippen LogP contribution in [0.2, 0.25) is 0 Å². The highest BCUT2D eigenvalue weighted by atomic mass is 19.1. The monoisotopic (exact) mass is 503 g/mol. The van der Waals surface area contributed by atoms with Gasteiger partial charge in [0.1, 0.15) is 17.2 Å². The molecule has 0 saturated carbocycles. The summed E-state index contributed by atoms with van der Waals surface area (Å²) in [7, 11) is 0. The smallest absolute Gasteiger partial charge is 0.341 e. The molecule has 190 valence electrons. The van der Waals surface area contributed by atoms with Gasteiger partial charge in [-0.1, -0.05) is 13.3 Å². The molecule has 1 aliphatic heterocycles. The number of hydrogen-bond acceptors (Lipinski definition) is 6. The van der Waals surface area contributed by atoms with Gasteiger partial charge in [0.15, 0.2) is 17.3 Å². The maximum atomic E-state index is 15.1. The van der Waals surface area contributed by atoms with E-state index >= 15 is 4.39 Å². The summed E-state index contributed by atoms with van der Waals surface area (Å²) in [6, 6.07) is 2.51. The van der Waals surface area contributed by atoms with E-state index in [2.05, 4.69) is 10.3 Å². The third-order valence-corrected chi connectivity index (χ3v) is 6.08.